The number of amides is 1. The van der Waals surface area contributed by atoms with Gasteiger partial charge in [-0.15, -0.1) is 0 Å². The summed E-state index contributed by atoms with van der Waals surface area (Å²) >= 11 is 5.91. The van der Waals surface area contributed by atoms with Crippen molar-refractivity contribution in [1.29, 1.82) is 0 Å². The van der Waals surface area contributed by atoms with Crippen molar-refractivity contribution in [3.8, 4) is 0 Å². The molecule has 28 heavy (non-hydrogen) atoms. The van der Waals surface area contributed by atoms with Crippen molar-refractivity contribution in [3.63, 3.8) is 0 Å². The van der Waals surface area contributed by atoms with E-state index < -0.39 is 0 Å². The minimum absolute atomic E-state index is 0.182. The number of carbonyl (C=O) groups excluding carboxylic acids is 1. The van der Waals surface area contributed by atoms with E-state index in [4.69, 9.17) is 11.6 Å². The van der Waals surface area contributed by atoms with Gasteiger partial charge in [-0.3, -0.25) is 14.7 Å². The zero-order valence-electron chi connectivity index (χ0n) is 15.9. The van der Waals surface area contributed by atoms with Gasteiger partial charge in [-0.2, -0.15) is 0 Å². The van der Waals surface area contributed by atoms with Gasteiger partial charge in [0, 0.05) is 25.7 Å². The Balaban J connectivity index is 1.36. The molecule has 2 fully saturated rings. The number of nitrogens with zero attached hydrogens (tertiary/aromatic N) is 3. The molecule has 0 bridgehead atoms. The molecule has 0 unspecified atom stereocenters. The quantitative estimate of drug-likeness (QED) is 0.767. The molecule has 0 aliphatic carbocycles. The molecule has 2 aliphatic heterocycles. The zero-order valence-corrected chi connectivity index (χ0v) is 16.7. The highest BCUT2D eigenvalue weighted by molar-refractivity contribution is 6.30. The second kappa shape index (κ2) is 8.18. The van der Waals surface area contributed by atoms with Crippen LogP contribution in [-0.2, 0) is 17.9 Å². The highest BCUT2D eigenvalue weighted by atomic mass is 35.5. The van der Waals surface area contributed by atoms with Gasteiger partial charge in [-0.25, -0.2) is 4.39 Å². The second-order valence-corrected chi connectivity index (χ2v) is 8.50. The van der Waals surface area contributed by atoms with Gasteiger partial charge in [0.05, 0.1) is 17.3 Å². The summed E-state index contributed by atoms with van der Waals surface area (Å²) in [6, 6.07) is 10.8. The molecule has 1 aromatic heterocycles. The summed E-state index contributed by atoms with van der Waals surface area (Å²) in [6.07, 6.45) is 5.53. The number of benzene rings is 1. The smallest absolute Gasteiger partial charge is 0.222 e. The van der Waals surface area contributed by atoms with Crippen molar-refractivity contribution >= 4 is 17.5 Å². The Morgan fingerprint density at radius 1 is 1.11 bits per heavy atom. The monoisotopic (exact) mass is 401 g/mol. The fraction of sp³-hybridized carbons (Fsp3) is 0.455. The lowest BCUT2D eigenvalue weighted by Crippen LogP contribution is -2.51. The highest BCUT2D eigenvalue weighted by Crippen LogP contribution is 2.40. The van der Waals surface area contributed by atoms with E-state index in [2.05, 4.69) is 9.88 Å². The number of piperidine rings is 2. The molecule has 2 saturated heterocycles. The minimum Gasteiger partial charge on any atom is -0.336 e. The van der Waals surface area contributed by atoms with Crippen LogP contribution in [0.1, 0.15) is 36.9 Å². The number of aromatic nitrogens is 1. The van der Waals surface area contributed by atoms with Gasteiger partial charge in [0.25, 0.3) is 0 Å². The lowest BCUT2D eigenvalue weighted by molar-refractivity contribution is -0.140. The van der Waals surface area contributed by atoms with E-state index in [0.29, 0.717) is 13.0 Å². The Bertz CT molecular complexity index is 837. The van der Waals surface area contributed by atoms with E-state index >= 15 is 0 Å². The van der Waals surface area contributed by atoms with Crippen molar-refractivity contribution in [2.45, 2.75) is 38.8 Å². The summed E-state index contributed by atoms with van der Waals surface area (Å²) < 4.78 is 13.4. The predicted octanol–water partition coefficient (Wildman–Crippen LogP) is 4.28. The molecule has 1 aromatic carbocycles. The summed E-state index contributed by atoms with van der Waals surface area (Å²) in [5.41, 5.74) is 2.19. The maximum Gasteiger partial charge on any atom is 0.222 e. The number of likely N-dealkylation sites (tertiary alicyclic amines) is 2. The fourth-order valence-electron chi connectivity index (χ4n) is 4.42. The van der Waals surface area contributed by atoms with E-state index in [1.54, 1.807) is 18.3 Å². The minimum atomic E-state index is -0.372. The van der Waals surface area contributed by atoms with Crippen LogP contribution in [0.2, 0.25) is 5.02 Å². The van der Waals surface area contributed by atoms with Crippen LogP contribution in [0.25, 0.3) is 0 Å². The third-order valence-electron chi connectivity index (χ3n) is 6.13. The first-order valence-electron chi connectivity index (χ1n) is 9.87. The Morgan fingerprint density at radius 3 is 2.64 bits per heavy atom. The van der Waals surface area contributed by atoms with E-state index in [-0.39, 0.29) is 22.2 Å². The van der Waals surface area contributed by atoms with Crippen LogP contribution in [0.4, 0.5) is 4.39 Å². The number of halogens is 2. The van der Waals surface area contributed by atoms with Crippen LogP contribution in [0.15, 0.2) is 42.6 Å². The van der Waals surface area contributed by atoms with E-state index in [0.717, 1.165) is 56.7 Å². The predicted molar refractivity (Wildman–Crippen MR) is 107 cm³/mol. The van der Waals surface area contributed by atoms with Gasteiger partial charge in [0.15, 0.2) is 0 Å². The first kappa shape index (κ1) is 19.3. The topological polar surface area (TPSA) is 36.4 Å². The lowest BCUT2D eigenvalue weighted by Gasteiger charge is -2.47. The van der Waals surface area contributed by atoms with Gasteiger partial charge in [0.1, 0.15) is 5.82 Å². The molecule has 2 aliphatic rings. The Labute approximate surface area is 170 Å². The van der Waals surface area contributed by atoms with E-state index in [1.807, 2.05) is 23.1 Å². The molecule has 0 saturated carbocycles. The fourth-order valence-corrected chi connectivity index (χ4v) is 4.63. The van der Waals surface area contributed by atoms with E-state index in [9.17, 15) is 9.18 Å². The first-order chi connectivity index (χ1) is 13.5. The zero-order chi connectivity index (χ0) is 19.6. The van der Waals surface area contributed by atoms with Crippen molar-refractivity contribution in [2.75, 3.05) is 19.6 Å². The molecule has 148 valence electrons. The number of hydrogen-bond acceptors (Lipinski definition) is 3. The molecule has 4 nitrogen and oxygen atoms in total. The van der Waals surface area contributed by atoms with E-state index in [1.165, 1.54) is 6.07 Å². The van der Waals surface area contributed by atoms with Gasteiger partial charge in [-0.05, 0) is 67.6 Å². The van der Waals surface area contributed by atoms with Crippen LogP contribution in [0, 0.1) is 11.2 Å². The van der Waals surface area contributed by atoms with Crippen LogP contribution >= 0.6 is 11.6 Å². The Kier molecular flexibility index (Phi) is 5.65. The average molecular weight is 402 g/mol. The van der Waals surface area contributed by atoms with Gasteiger partial charge >= 0.3 is 0 Å². The van der Waals surface area contributed by atoms with Crippen LogP contribution in [-0.4, -0.2) is 40.3 Å². The van der Waals surface area contributed by atoms with Gasteiger partial charge in [-0.1, -0.05) is 23.7 Å². The highest BCUT2D eigenvalue weighted by Gasteiger charge is 2.40. The van der Waals surface area contributed by atoms with Gasteiger partial charge < -0.3 is 4.90 Å². The third kappa shape index (κ3) is 4.36. The molecule has 3 heterocycles. The number of hydrogen-bond donors (Lipinski definition) is 0. The molecule has 0 N–H and O–H groups in total. The molecule has 0 radical (unpaired) electrons. The SMILES string of the molecule is O=C1CCC2(CCN(Cc3ccc(F)c(Cl)c3)CC2)CN1Cc1ccccn1. The Morgan fingerprint density at radius 2 is 1.93 bits per heavy atom. The molecular formula is C22H25ClFN3O. The molecule has 1 amide bonds. The van der Waals surface area contributed by atoms with Crippen molar-refractivity contribution in [2.24, 2.45) is 5.41 Å². The first-order valence-corrected chi connectivity index (χ1v) is 10.2. The molecule has 4 rings (SSSR count). The number of rotatable bonds is 4. The summed E-state index contributed by atoms with van der Waals surface area (Å²) in [5.74, 6) is -0.137. The third-order valence-corrected chi connectivity index (χ3v) is 6.42. The summed E-state index contributed by atoms with van der Waals surface area (Å²) in [7, 11) is 0. The molecule has 1 spiro atoms. The standard InChI is InChI=1S/C22H25ClFN3O/c23-19-13-17(4-5-20(19)24)14-26-11-8-22(9-12-26)7-6-21(28)27(16-22)15-18-3-1-2-10-25-18/h1-5,10,13H,6-9,11-12,14-16H2. The second-order valence-electron chi connectivity index (χ2n) is 8.10. The van der Waals surface area contributed by atoms with Crippen molar-refractivity contribution in [3.05, 3.63) is 64.7 Å². The van der Waals surface area contributed by atoms with Crippen molar-refractivity contribution in [1.82, 2.24) is 14.8 Å². The average Bonchev–Trinajstić information content (AvgIpc) is 2.70. The Hall–Kier alpha value is -1.98. The largest absolute Gasteiger partial charge is 0.336 e. The normalized spacial score (nSPS) is 19.9. The van der Waals surface area contributed by atoms with Crippen LogP contribution < -0.4 is 0 Å². The number of pyridine rings is 1. The van der Waals surface area contributed by atoms with Gasteiger partial charge in [0.2, 0.25) is 5.91 Å². The maximum atomic E-state index is 13.4. The van der Waals surface area contributed by atoms with Crippen molar-refractivity contribution < 1.29 is 9.18 Å². The van der Waals surface area contributed by atoms with Crippen LogP contribution in [0.3, 0.4) is 0 Å². The maximum absolute atomic E-state index is 13.4. The molecule has 2 aromatic rings. The number of carbonyl (C=O) groups is 1. The summed E-state index contributed by atoms with van der Waals surface area (Å²) in [6.45, 7) is 4.17. The van der Waals surface area contributed by atoms with Crippen LogP contribution in [0.5, 0.6) is 0 Å². The molecule has 0 atom stereocenters. The lowest BCUT2D eigenvalue weighted by atomic mass is 9.72. The molecule has 6 heteroatoms. The summed E-state index contributed by atoms with van der Waals surface area (Å²) in [4.78, 5) is 21.2. The molecular weight excluding hydrogens is 377 g/mol. The summed E-state index contributed by atoms with van der Waals surface area (Å²) in [5, 5.41) is 0.182.